The van der Waals surface area contributed by atoms with Gasteiger partial charge in [0.15, 0.2) is 0 Å². The van der Waals surface area contributed by atoms with Crippen LogP contribution in [-0.4, -0.2) is 11.1 Å². The number of hydrogen-bond acceptors (Lipinski definition) is 3. The molecule has 21 heavy (non-hydrogen) atoms. The highest BCUT2D eigenvalue weighted by Gasteiger charge is 2.26. The molecular weight excluding hydrogens is 282 g/mol. The summed E-state index contributed by atoms with van der Waals surface area (Å²) in [6.45, 7) is 0.725. The maximum Gasteiger partial charge on any atom is 0.305 e. The Morgan fingerprint density at radius 3 is 2.76 bits per heavy atom. The molecule has 2 N–H and O–H groups in total. The van der Waals surface area contributed by atoms with E-state index in [9.17, 15) is 4.79 Å². The molecule has 3 rings (SSSR count). The first kappa shape index (κ1) is 14.3. The second-order valence-electron chi connectivity index (χ2n) is 5.52. The van der Waals surface area contributed by atoms with Crippen LogP contribution < -0.4 is 5.32 Å². The van der Waals surface area contributed by atoms with Gasteiger partial charge in [-0.1, -0.05) is 30.3 Å². The van der Waals surface area contributed by atoms with E-state index in [2.05, 4.69) is 29.6 Å². The Bertz CT molecular complexity index is 605. The van der Waals surface area contributed by atoms with Gasteiger partial charge in [-0.3, -0.25) is 4.79 Å². The molecule has 3 nitrogen and oxygen atoms in total. The van der Waals surface area contributed by atoms with E-state index in [-0.39, 0.29) is 12.5 Å². The quantitative estimate of drug-likeness (QED) is 0.814. The molecule has 0 bridgehead atoms. The van der Waals surface area contributed by atoms with Gasteiger partial charge in [-0.25, -0.2) is 0 Å². The van der Waals surface area contributed by atoms with Crippen LogP contribution in [0, 0.1) is 0 Å². The number of rotatable bonds is 7. The molecular formula is C17H19NO2S. The summed E-state index contributed by atoms with van der Waals surface area (Å²) in [7, 11) is 0. The molecule has 1 aromatic carbocycles. The Kier molecular flexibility index (Phi) is 4.36. The van der Waals surface area contributed by atoms with Crippen molar-refractivity contribution in [2.24, 2.45) is 0 Å². The van der Waals surface area contributed by atoms with E-state index in [4.69, 9.17) is 5.11 Å². The minimum Gasteiger partial charge on any atom is -0.481 e. The molecule has 1 fully saturated rings. The second kappa shape index (κ2) is 6.41. The maximum atomic E-state index is 11.1. The molecule has 4 heteroatoms. The normalized spacial score (nSPS) is 15.8. The van der Waals surface area contributed by atoms with Gasteiger partial charge < -0.3 is 10.4 Å². The van der Waals surface area contributed by atoms with Crippen molar-refractivity contribution in [3.05, 3.63) is 57.8 Å². The van der Waals surface area contributed by atoms with Gasteiger partial charge in [0.05, 0.1) is 12.5 Å². The standard InChI is InChI=1S/C17H19NO2S/c19-17(20)10-15(16-6-3-9-21-16)18-11-13-4-1-2-5-14(13)12-7-8-12/h1-6,9,12,15,18H,7-8,10-11H2,(H,19,20). The molecule has 0 radical (unpaired) electrons. The van der Waals surface area contributed by atoms with E-state index in [1.54, 1.807) is 11.3 Å². The first-order valence-corrected chi connectivity index (χ1v) is 8.18. The molecule has 0 amide bonds. The minimum atomic E-state index is -0.767. The van der Waals surface area contributed by atoms with Crippen LogP contribution in [0.3, 0.4) is 0 Å². The van der Waals surface area contributed by atoms with E-state index < -0.39 is 5.97 Å². The van der Waals surface area contributed by atoms with Crippen LogP contribution in [0.25, 0.3) is 0 Å². The van der Waals surface area contributed by atoms with E-state index in [1.807, 2.05) is 17.5 Å². The highest BCUT2D eigenvalue weighted by molar-refractivity contribution is 7.10. The molecule has 1 atom stereocenters. The number of aliphatic carboxylic acids is 1. The third-order valence-electron chi connectivity index (χ3n) is 3.88. The number of carboxylic acid groups (broad SMARTS) is 1. The molecule has 0 aliphatic heterocycles. The minimum absolute atomic E-state index is 0.116. The molecule has 2 aromatic rings. The first-order chi connectivity index (χ1) is 10.2. The Morgan fingerprint density at radius 2 is 2.10 bits per heavy atom. The first-order valence-electron chi connectivity index (χ1n) is 7.30. The molecule has 0 saturated heterocycles. The Morgan fingerprint density at radius 1 is 1.29 bits per heavy atom. The zero-order valence-corrected chi connectivity index (χ0v) is 12.6. The lowest BCUT2D eigenvalue weighted by molar-refractivity contribution is -0.137. The molecule has 1 aromatic heterocycles. The third kappa shape index (κ3) is 3.71. The third-order valence-corrected chi connectivity index (χ3v) is 4.86. The fourth-order valence-electron chi connectivity index (χ4n) is 2.66. The van der Waals surface area contributed by atoms with Crippen molar-refractivity contribution >= 4 is 17.3 Å². The molecule has 1 heterocycles. The van der Waals surface area contributed by atoms with Crippen molar-refractivity contribution in [3.8, 4) is 0 Å². The number of carboxylic acids is 1. The smallest absolute Gasteiger partial charge is 0.305 e. The van der Waals surface area contributed by atoms with Crippen molar-refractivity contribution in [2.75, 3.05) is 0 Å². The van der Waals surface area contributed by atoms with Crippen molar-refractivity contribution in [1.82, 2.24) is 5.32 Å². The van der Waals surface area contributed by atoms with E-state index >= 15 is 0 Å². The van der Waals surface area contributed by atoms with Gasteiger partial charge in [0, 0.05) is 11.4 Å². The summed E-state index contributed by atoms with van der Waals surface area (Å²) >= 11 is 1.61. The van der Waals surface area contributed by atoms with E-state index in [1.165, 1.54) is 24.0 Å². The van der Waals surface area contributed by atoms with Gasteiger partial charge in [-0.05, 0) is 41.3 Å². The summed E-state index contributed by atoms with van der Waals surface area (Å²) in [6, 6.07) is 12.3. The predicted octanol–water partition coefficient (Wildman–Crippen LogP) is 3.93. The fraction of sp³-hybridized carbons (Fsp3) is 0.353. The lowest BCUT2D eigenvalue weighted by atomic mass is 10.0. The molecule has 1 aliphatic rings. The Hall–Kier alpha value is -1.65. The van der Waals surface area contributed by atoms with Gasteiger partial charge in [0.25, 0.3) is 0 Å². The van der Waals surface area contributed by atoms with Gasteiger partial charge in [0.1, 0.15) is 0 Å². The zero-order chi connectivity index (χ0) is 14.7. The number of nitrogens with one attached hydrogen (secondary N) is 1. The van der Waals surface area contributed by atoms with Crippen LogP contribution in [0.15, 0.2) is 41.8 Å². The lowest BCUT2D eigenvalue weighted by Crippen LogP contribution is -2.23. The summed E-state index contributed by atoms with van der Waals surface area (Å²) in [6.07, 6.45) is 2.67. The molecule has 0 spiro atoms. The molecule has 1 saturated carbocycles. The van der Waals surface area contributed by atoms with Gasteiger partial charge in [-0.15, -0.1) is 11.3 Å². The largest absolute Gasteiger partial charge is 0.481 e. The summed E-state index contributed by atoms with van der Waals surface area (Å²) in [4.78, 5) is 12.2. The number of hydrogen-bond donors (Lipinski definition) is 2. The summed E-state index contributed by atoms with van der Waals surface area (Å²) < 4.78 is 0. The number of benzene rings is 1. The topological polar surface area (TPSA) is 49.3 Å². The Labute approximate surface area is 128 Å². The number of thiophene rings is 1. The van der Waals surface area contributed by atoms with E-state index in [0.29, 0.717) is 5.92 Å². The number of carbonyl (C=O) groups is 1. The van der Waals surface area contributed by atoms with Crippen molar-refractivity contribution < 1.29 is 9.90 Å². The van der Waals surface area contributed by atoms with Crippen LogP contribution in [0.4, 0.5) is 0 Å². The van der Waals surface area contributed by atoms with Crippen LogP contribution in [0.2, 0.25) is 0 Å². The monoisotopic (exact) mass is 301 g/mol. The summed E-state index contributed by atoms with van der Waals surface area (Å²) in [5.74, 6) is -0.0564. The maximum absolute atomic E-state index is 11.1. The molecule has 110 valence electrons. The average molecular weight is 301 g/mol. The van der Waals surface area contributed by atoms with Gasteiger partial charge in [0.2, 0.25) is 0 Å². The molecule has 1 unspecified atom stereocenters. The predicted molar refractivity (Wildman–Crippen MR) is 84.6 cm³/mol. The SMILES string of the molecule is O=C(O)CC(NCc1ccccc1C1CC1)c1cccs1. The second-order valence-corrected chi connectivity index (χ2v) is 6.50. The summed E-state index contributed by atoms with van der Waals surface area (Å²) in [5.41, 5.74) is 2.72. The van der Waals surface area contributed by atoms with E-state index in [0.717, 1.165) is 11.4 Å². The van der Waals surface area contributed by atoms with Crippen LogP contribution >= 0.6 is 11.3 Å². The van der Waals surface area contributed by atoms with Crippen molar-refractivity contribution in [3.63, 3.8) is 0 Å². The lowest BCUT2D eigenvalue weighted by Gasteiger charge is -2.17. The average Bonchev–Trinajstić information content (AvgIpc) is 3.18. The van der Waals surface area contributed by atoms with Crippen molar-refractivity contribution in [2.45, 2.75) is 37.8 Å². The highest BCUT2D eigenvalue weighted by atomic mass is 32.1. The fourth-order valence-corrected chi connectivity index (χ4v) is 3.46. The van der Waals surface area contributed by atoms with Crippen LogP contribution in [0.1, 0.15) is 47.2 Å². The van der Waals surface area contributed by atoms with Crippen LogP contribution in [0.5, 0.6) is 0 Å². The van der Waals surface area contributed by atoms with Crippen molar-refractivity contribution in [1.29, 1.82) is 0 Å². The van der Waals surface area contributed by atoms with Gasteiger partial charge >= 0.3 is 5.97 Å². The highest BCUT2D eigenvalue weighted by Crippen LogP contribution is 2.41. The summed E-state index contributed by atoms with van der Waals surface area (Å²) in [5, 5.41) is 14.5. The van der Waals surface area contributed by atoms with Crippen LogP contribution in [-0.2, 0) is 11.3 Å². The van der Waals surface area contributed by atoms with Gasteiger partial charge in [-0.2, -0.15) is 0 Å². The molecule has 1 aliphatic carbocycles. The zero-order valence-electron chi connectivity index (χ0n) is 11.8. The Balaban J connectivity index is 1.70.